The lowest BCUT2D eigenvalue weighted by molar-refractivity contribution is -0.157. The summed E-state index contributed by atoms with van der Waals surface area (Å²) in [5.74, 6) is -0.469. The number of aliphatic hydroxyl groups is 2. The van der Waals surface area contributed by atoms with Gasteiger partial charge in [-0.2, -0.15) is 0 Å². The Morgan fingerprint density at radius 3 is 2.49 bits per heavy atom. The van der Waals surface area contributed by atoms with E-state index in [-0.39, 0.29) is 18.7 Å². The van der Waals surface area contributed by atoms with E-state index in [9.17, 15) is 19.4 Å². The topological polar surface area (TPSA) is 79.7 Å². The highest BCUT2D eigenvalue weighted by Gasteiger charge is 2.29. The minimum atomic E-state index is -1.03. The molecule has 4 rings (SSSR count). The van der Waals surface area contributed by atoms with Gasteiger partial charge in [0.05, 0.1) is 29.8 Å². The number of aliphatic hydroxyl groups excluding tert-OH is 2. The van der Waals surface area contributed by atoms with Crippen molar-refractivity contribution in [3.63, 3.8) is 0 Å². The largest absolute Gasteiger partial charge is 0.460 e. The molecule has 6 heteroatoms. The minimum absolute atomic E-state index is 0.00139. The van der Waals surface area contributed by atoms with Crippen LogP contribution in [0, 0.1) is 5.82 Å². The van der Waals surface area contributed by atoms with E-state index in [1.54, 1.807) is 39.0 Å². The molecule has 0 spiro atoms. The molecule has 3 aromatic rings. The van der Waals surface area contributed by atoms with Gasteiger partial charge in [-0.15, -0.1) is 0 Å². The van der Waals surface area contributed by atoms with E-state index >= 15 is 0 Å². The molecule has 1 aliphatic carbocycles. The first kappa shape index (κ1) is 25.0. The van der Waals surface area contributed by atoms with E-state index in [1.807, 2.05) is 30.3 Å². The number of rotatable bonds is 8. The summed E-state index contributed by atoms with van der Waals surface area (Å²) in [5.41, 5.74) is 3.90. The molecule has 1 saturated carbocycles. The van der Waals surface area contributed by atoms with Crippen LogP contribution in [0.4, 0.5) is 4.39 Å². The van der Waals surface area contributed by atoms with Crippen LogP contribution >= 0.6 is 0 Å². The van der Waals surface area contributed by atoms with Gasteiger partial charge in [-0.25, -0.2) is 4.39 Å². The molecular formula is C29H32FNO4. The molecule has 2 atom stereocenters. The quantitative estimate of drug-likeness (QED) is 0.402. The molecule has 0 aliphatic heterocycles. The lowest BCUT2D eigenvalue weighted by Crippen LogP contribution is -2.27. The van der Waals surface area contributed by atoms with Crippen LogP contribution < -0.4 is 0 Å². The lowest BCUT2D eigenvalue weighted by Gasteiger charge is -2.21. The van der Waals surface area contributed by atoms with Crippen molar-refractivity contribution in [1.82, 2.24) is 4.98 Å². The summed E-state index contributed by atoms with van der Waals surface area (Å²) in [7, 11) is 0. The second-order valence-corrected chi connectivity index (χ2v) is 10.2. The molecule has 0 bridgehead atoms. The zero-order valence-electron chi connectivity index (χ0n) is 20.4. The fourth-order valence-electron chi connectivity index (χ4n) is 4.23. The number of para-hydroxylation sites is 1. The third-order valence-electron chi connectivity index (χ3n) is 5.88. The second kappa shape index (κ2) is 10.3. The summed E-state index contributed by atoms with van der Waals surface area (Å²) in [6, 6.07) is 14.3. The SMILES string of the molecule is CC(C)(C)OC(=O)C[C@@H](O)C[C@@H](O)/C=C/c1c(C2CC2)nc2ccccc2c1-c1ccc(F)cc1. The number of hydrogen-bond donors (Lipinski definition) is 2. The Morgan fingerprint density at radius 2 is 1.83 bits per heavy atom. The number of pyridine rings is 1. The normalized spacial score (nSPS) is 15.9. The molecule has 0 radical (unpaired) electrons. The lowest BCUT2D eigenvalue weighted by atomic mass is 9.92. The fourth-order valence-corrected chi connectivity index (χ4v) is 4.23. The fraction of sp³-hybridized carbons (Fsp3) is 0.379. The number of hydrogen-bond acceptors (Lipinski definition) is 5. The molecule has 184 valence electrons. The van der Waals surface area contributed by atoms with Crippen LogP contribution in [0.25, 0.3) is 28.1 Å². The van der Waals surface area contributed by atoms with Crippen LogP contribution in [0.3, 0.4) is 0 Å². The van der Waals surface area contributed by atoms with Gasteiger partial charge in [0.1, 0.15) is 11.4 Å². The molecule has 1 aromatic heterocycles. The predicted molar refractivity (Wildman–Crippen MR) is 135 cm³/mol. The van der Waals surface area contributed by atoms with Crippen LogP contribution in [0.5, 0.6) is 0 Å². The van der Waals surface area contributed by atoms with Gasteiger partial charge >= 0.3 is 5.97 Å². The predicted octanol–water partition coefficient (Wildman–Crippen LogP) is 5.78. The van der Waals surface area contributed by atoms with Crippen molar-refractivity contribution in [3.8, 4) is 11.1 Å². The van der Waals surface area contributed by atoms with Crippen LogP contribution in [0.15, 0.2) is 54.6 Å². The van der Waals surface area contributed by atoms with E-state index in [0.717, 1.165) is 46.1 Å². The zero-order chi connectivity index (χ0) is 25.2. The number of halogens is 1. The van der Waals surface area contributed by atoms with Crippen LogP contribution in [0.2, 0.25) is 0 Å². The molecular weight excluding hydrogens is 445 g/mol. The highest BCUT2D eigenvalue weighted by molar-refractivity contribution is 5.99. The third kappa shape index (κ3) is 6.53. The first-order chi connectivity index (χ1) is 16.6. The van der Waals surface area contributed by atoms with Gasteiger partial charge in [-0.1, -0.05) is 42.5 Å². The monoisotopic (exact) mass is 477 g/mol. The first-order valence-electron chi connectivity index (χ1n) is 12.1. The number of nitrogens with zero attached hydrogens (tertiary/aromatic N) is 1. The minimum Gasteiger partial charge on any atom is -0.460 e. The Morgan fingerprint density at radius 1 is 1.14 bits per heavy atom. The molecule has 0 unspecified atom stereocenters. The van der Waals surface area contributed by atoms with Crippen molar-refractivity contribution in [1.29, 1.82) is 0 Å². The average Bonchev–Trinajstić information content (AvgIpc) is 3.61. The number of esters is 1. The number of fused-ring (bicyclic) bond motifs is 1. The van der Waals surface area contributed by atoms with Crippen molar-refractivity contribution < 1.29 is 24.1 Å². The summed E-state index contributed by atoms with van der Waals surface area (Å²) in [6.45, 7) is 5.30. The second-order valence-electron chi connectivity index (χ2n) is 10.2. The Kier molecular flexibility index (Phi) is 7.33. The molecule has 1 heterocycles. The summed E-state index contributed by atoms with van der Waals surface area (Å²) in [5, 5.41) is 21.9. The number of carbonyl (C=O) groups excluding carboxylic acids is 1. The van der Waals surface area contributed by atoms with Crippen molar-refractivity contribution >= 4 is 22.9 Å². The van der Waals surface area contributed by atoms with Gasteiger partial charge < -0.3 is 14.9 Å². The number of carbonyl (C=O) groups is 1. The summed E-state index contributed by atoms with van der Waals surface area (Å²) < 4.78 is 18.9. The molecule has 5 nitrogen and oxygen atoms in total. The maximum atomic E-state index is 13.7. The molecule has 35 heavy (non-hydrogen) atoms. The van der Waals surface area contributed by atoms with Gasteiger partial charge in [-0.3, -0.25) is 9.78 Å². The van der Waals surface area contributed by atoms with Gasteiger partial charge in [-0.05, 0) is 57.4 Å². The van der Waals surface area contributed by atoms with E-state index in [4.69, 9.17) is 9.72 Å². The summed E-state index contributed by atoms with van der Waals surface area (Å²) in [6.07, 6.45) is 3.39. The Bertz CT molecular complexity index is 1230. The molecule has 1 fully saturated rings. The van der Waals surface area contributed by atoms with Crippen LogP contribution in [-0.2, 0) is 9.53 Å². The summed E-state index contributed by atoms with van der Waals surface area (Å²) in [4.78, 5) is 16.9. The number of ether oxygens (including phenoxy) is 1. The highest BCUT2D eigenvalue weighted by Crippen LogP contribution is 2.45. The highest BCUT2D eigenvalue weighted by atomic mass is 19.1. The van der Waals surface area contributed by atoms with E-state index < -0.39 is 23.8 Å². The van der Waals surface area contributed by atoms with E-state index in [0.29, 0.717) is 5.92 Å². The average molecular weight is 478 g/mol. The Hall–Kier alpha value is -3.09. The van der Waals surface area contributed by atoms with Crippen LogP contribution in [-0.4, -0.2) is 39.0 Å². The molecule has 1 aliphatic rings. The molecule has 2 aromatic carbocycles. The van der Waals surface area contributed by atoms with Crippen molar-refractivity contribution in [2.24, 2.45) is 0 Å². The maximum absolute atomic E-state index is 13.7. The third-order valence-corrected chi connectivity index (χ3v) is 5.88. The smallest absolute Gasteiger partial charge is 0.308 e. The van der Waals surface area contributed by atoms with Gasteiger partial charge in [0.15, 0.2) is 0 Å². The Labute approximate surface area is 205 Å². The van der Waals surface area contributed by atoms with Gasteiger partial charge in [0.2, 0.25) is 0 Å². The van der Waals surface area contributed by atoms with E-state index in [2.05, 4.69) is 0 Å². The van der Waals surface area contributed by atoms with Crippen molar-refractivity contribution in [2.75, 3.05) is 0 Å². The van der Waals surface area contributed by atoms with Crippen molar-refractivity contribution in [3.05, 3.63) is 71.7 Å². The number of aromatic nitrogens is 1. The molecule has 0 saturated heterocycles. The van der Waals surface area contributed by atoms with Crippen molar-refractivity contribution in [2.45, 2.75) is 70.2 Å². The van der Waals surface area contributed by atoms with Gasteiger partial charge in [0.25, 0.3) is 0 Å². The summed E-state index contributed by atoms with van der Waals surface area (Å²) >= 11 is 0. The standard InChI is InChI=1S/C29H32FNO4/c1-29(2,3)35-26(34)17-22(33)16-21(32)14-15-24-27(18-10-12-20(30)13-11-18)23-6-4-5-7-25(23)31-28(24)19-8-9-19/h4-7,10-15,19,21-22,32-33H,8-9,16-17H2,1-3H3/b15-14+/t21-,22-/m0/s1. The van der Waals surface area contributed by atoms with Crippen LogP contribution in [0.1, 0.15) is 63.6 Å². The number of benzene rings is 2. The zero-order valence-corrected chi connectivity index (χ0v) is 20.4. The Balaban J connectivity index is 1.64. The van der Waals surface area contributed by atoms with E-state index in [1.165, 1.54) is 12.1 Å². The van der Waals surface area contributed by atoms with Gasteiger partial charge in [0, 0.05) is 28.9 Å². The molecule has 2 N–H and O–H groups in total. The first-order valence-corrected chi connectivity index (χ1v) is 12.1. The molecule has 0 amide bonds. The maximum Gasteiger partial charge on any atom is 0.308 e.